The molecule has 0 aliphatic heterocycles. The maximum absolute atomic E-state index is 5.73. The summed E-state index contributed by atoms with van der Waals surface area (Å²) in [7, 11) is 0. The summed E-state index contributed by atoms with van der Waals surface area (Å²) in [6.07, 6.45) is 1.63. The fraction of sp³-hybridized carbons (Fsp3) is 0. The van der Waals surface area contributed by atoms with Crippen molar-refractivity contribution < 1.29 is 0 Å². The fourth-order valence-electron chi connectivity index (χ4n) is 0.963. The minimum atomic E-state index is 0.370. The van der Waals surface area contributed by atoms with E-state index < -0.39 is 0 Å². The van der Waals surface area contributed by atoms with Gasteiger partial charge < -0.3 is 0 Å². The predicted octanol–water partition coefficient (Wildman–Crippen LogP) is 2.57. The molecule has 3 nitrogen and oxygen atoms in total. The lowest BCUT2D eigenvalue weighted by Gasteiger charge is -1.98. The number of aromatic nitrogens is 3. The molecule has 66 valence electrons. The van der Waals surface area contributed by atoms with Crippen LogP contribution in [0.1, 0.15) is 0 Å². The minimum Gasteiger partial charge on any atom is -0.219 e. The van der Waals surface area contributed by atoms with Gasteiger partial charge in [-0.25, -0.2) is 4.68 Å². The zero-order valence-electron chi connectivity index (χ0n) is 6.48. The van der Waals surface area contributed by atoms with E-state index in [0.717, 1.165) is 5.69 Å². The molecule has 2 rings (SSSR count). The average molecular weight is 214 g/mol. The summed E-state index contributed by atoms with van der Waals surface area (Å²) in [6.45, 7) is 0. The smallest absolute Gasteiger partial charge is 0.171 e. The Balaban J connectivity index is 2.41. The monoisotopic (exact) mass is 213 g/mol. The average Bonchev–Trinajstić information content (AvgIpc) is 2.53. The first kappa shape index (κ1) is 8.53. The lowest BCUT2D eigenvalue weighted by molar-refractivity contribution is 0.803. The summed E-state index contributed by atoms with van der Waals surface area (Å²) >= 11 is 11.4. The molecular formula is C8H5Cl2N3. The lowest BCUT2D eigenvalue weighted by Crippen LogP contribution is -1.93. The van der Waals surface area contributed by atoms with Crippen LogP contribution in [0.2, 0.25) is 10.2 Å². The molecule has 0 fully saturated rings. The molecule has 0 atom stereocenters. The van der Waals surface area contributed by atoms with Gasteiger partial charge in [-0.15, -0.1) is 5.10 Å². The van der Waals surface area contributed by atoms with Gasteiger partial charge in [0.1, 0.15) is 0 Å². The molecule has 0 saturated heterocycles. The molecule has 0 N–H and O–H groups in total. The minimum absolute atomic E-state index is 0.370. The van der Waals surface area contributed by atoms with Crippen molar-refractivity contribution in [2.45, 2.75) is 0 Å². The maximum Gasteiger partial charge on any atom is 0.171 e. The van der Waals surface area contributed by atoms with Crippen LogP contribution in [0.3, 0.4) is 0 Å². The van der Waals surface area contributed by atoms with Crippen LogP contribution in [-0.2, 0) is 0 Å². The third kappa shape index (κ3) is 1.82. The highest BCUT2D eigenvalue weighted by Gasteiger charge is 1.99. The van der Waals surface area contributed by atoms with Gasteiger partial charge in [0.2, 0.25) is 0 Å². The van der Waals surface area contributed by atoms with Crippen molar-refractivity contribution in [1.82, 2.24) is 15.0 Å². The third-order valence-corrected chi connectivity index (χ3v) is 1.98. The number of hydrogen-bond donors (Lipinski definition) is 0. The Morgan fingerprint density at radius 2 is 1.77 bits per heavy atom. The quantitative estimate of drug-likeness (QED) is 0.730. The van der Waals surface area contributed by atoms with E-state index in [0.29, 0.717) is 10.2 Å². The van der Waals surface area contributed by atoms with E-state index in [1.165, 1.54) is 0 Å². The molecule has 0 bridgehead atoms. The van der Waals surface area contributed by atoms with E-state index in [4.69, 9.17) is 23.2 Å². The number of hydrogen-bond acceptors (Lipinski definition) is 2. The molecule has 2 aromatic rings. The molecule has 0 aliphatic rings. The van der Waals surface area contributed by atoms with Gasteiger partial charge in [-0.3, -0.25) is 0 Å². The summed E-state index contributed by atoms with van der Waals surface area (Å²) in [5, 5.41) is 8.53. The molecule has 0 aliphatic carbocycles. The standard InChI is InChI=1S/C8H5Cl2N3/c9-6-1-3-7(4-2-6)13-5-8(10)11-12-13/h1-5H. The fourth-order valence-corrected chi connectivity index (χ4v) is 1.22. The molecule has 0 radical (unpaired) electrons. The van der Waals surface area contributed by atoms with Crippen molar-refractivity contribution >= 4 is 23.2 Å². The Morgan fingerprint density at radius 3 is 2.31 bits per heavy atom. The highest BCUT2D eigenvalue weighted by molar-refractivity contribution is 6.30. The number of halogens is 2. The number of benzene rings is 1. The number of rotatable bonds is 1. The first-order valence-electron chi connectivity index (χ1n) is 3.59. The van der Waals surface area contributed by atoms with Gasteiger partial charge in [0.15, 0.2) is 5.15 Å². The van der Waals surface area contributed by atoms with Crippen LogP contribution in [0, 0.1) is 0 Å². The molecule has 13 heavy (non-hydrogen) atoms. The lowest BCUT2D eigenvalue weighted by atomic mass is 10.3. The van der Waals surface area contributed by atoms with Gasteiger partial charge in [-0.05, 0) is 24.3 Å². The Hall–Kier alpha value is -1.06. The van der Waals surface area contributed by atoms with Crippen LogP contribution in [0.25, 0.3) is 5.69 Å². The van der Waals surface area contributed by atoms with Crippen molar-refractivity contribution in [3.63, 3.8) is 0 Å². The van der Waals surface area contributed by atoms with Crippen LogP contribution in [0.15, 0.2) is 30.5 Å². The van der Waals surface area contributed by atoms with Gasteiger partial charge in [0, 0.05) is 5.02 Å². The zero-order chi connectivity index (χ0) is 9.26. The van der Waals surface area contributed by atoms with E-state index >= 15 is 0 Å². The van der Waals surface area contributed by atoms with Crippen LogP contribution in [-0.4, -0.2) is 15.0 Å². The summed E-state index contributed by atoms with van der Waals surface area (Å²) in [4.78, 5) is 0. The van der Waals surface area contributed by atoms with Gasteiger partial charge in [0.25, 0.3) is 0 Å². The zero-order valence-corrected chi connectivity index (χ0v) is 8.00. The highest BCUT2D eigenvalue weighted by atomic mass is 35.5. The molecule has 0 spiro atoms. The molecular weight excluding hydrogens is 209 g/mol. The van der Waals surface area contributed by atoms with Crippen molar-refractivity contribution in [1.29, 1.82) is 0 Å². The first-order valence-corrected chi connectivity index (χ1v) is 4.35. The van der Waals surface area contributed by atoms with E-state index in [9.17, 15) is 0 Å². The summed E-state index contributed by atoms with van der Waals surface area (Å²) in [5.41, 5.74) is 0.879. The summed E-state index contributed by atoms with van der Waals surface area (Å²) in [6, 6.07) is 7.25. The Bertz CT molecular complexity index is 408. The van der Waals surface area contributed by atoms with Crippen LogP contribution < -0.4 is 0 Å². The second-order valence-electron chi connectivity index (χ2n) is 2.46. The summed E-state index contributed by atoms with van der Waals surface area (Å²) < 4.78 is 1.58. The molecule has 0 amide bonds. The van der Waals surface area contributed by atoms with E-state index in [2.05, 4.69) is 10.3 Å². The second kappa shape index (κ2) is 3.36. The molecule has 0 saturated carbocycles. The van der Waals surface area contributed by atoms with Crippen molar-refractivity contribution in [2.75, 3.05) is 0 Å². The van der Waals surface area contributed by atoms with E-state index in [1.807, 2.05) is 12.1 Å². The SMILES string of the molecule is Clc1ccc(-n2cc(Cl)nn2)cc1. The first-order chi connectivity index (χ1) is 6.25. The van der Waals surface area contributed by atoms with Crippen molar-refractivity contribution in [3.05, 3.63) is 40.6 Å². The molecule has 1 heterocycles. The van der Waals surface area contributed by atoms with Gasteiger partial charge >= 0.3 is 0 Å². The largest absolute Gasteiger partial charge is 0.219 e. The molecule has 1 aromatic carbocycles. The van der Waals surface area contributed by atoms with Gasteiger partial charge in [0.05, 0.1) is 11.9 Å². The summed E-state index contributed by atoms with van der Waals surface area (Å²) in [5.74, 6) is 0. The molecule has 1 aromatic heterocycles. The third-order valence-electron chi connectivity index (χ3n) is 1.56. The topological polar surface area (TPSA) is 30.7 Å². The van der Waals surface area contributed by atoms with Crippen molar-refractivity contribution in [2.24, 2.45) is 0 Å². The second-order valence-corrected chi connectivity index (χ2v) is 3.29. The Kier molecular flexibility index (Phi) is 2.20. The molecule has 5 heteroatoms. The highest BCUT2D eigenvalue weighted by Crippen LogP contribution is 2.13. The normalized spacial score (nSPS) is 10.3. The van der Waals surface area contributed by atoms with E-state index in [-0.39, 0.29) is 0 Å². The Morgan fingerprint density at radius 1 is 1.08 bits per heavy atom. The van der Waals surface area contributed by atoms with Crippen LogP contribution in [0.4, 0.5) is 0 Å². The van der Waals surface area contributed by atoms with Crippen molar-refractivity contribution in [3.8, 4) is 5.69 Å². The van der Waals surface area contributed by atoms with Gasteiger partial charge in [-0.1, -0.05) is 28.4 Å². The van der Waals surface area contributed by atoms with Gasteiger partial charge in [-0.2, -0.15) is 0 Å². The Labute approximate surface area is 84.9 Å². The predicted molar refractivity (Wildman–Crippen MR) is 51.4 cm³/mol. The van der Waals surface area contributed by atoms with Crippen LogP contribution in [0.5, 0.6) is 0 Å². The van der Waals surface area contributed by atoms with E-state index in [1.54, 1.807) is 23.0 Å². The molecule has 0 unspecified atom stereocenters. The number of nitrogens with zero attached hydrogens (tertiary/aromatic N) is 3. The van der Waals surface area contributed by atoms with Crippen LogP contribution >= 0.6 is 23.2 Å². The maximum atomic E-state index is 5.73.